The summed E-state index contributed by atoms with van der Waals surface area (Å²) >= 11 is 0. The van der Waals surface area contributed by atoms with E-state index >= 15 is 0 Å². The molecule has 0 aromatic rings. The molecule has 4 aliphatic rings. The topological polar surface area (TPSA) is 52.6 Å². The van der Waals surface area contributed by atoms with Crippen molar-refractivity contribution in [1.29, 1.82) is 0 Å². The van der Waals surface area contributed by atoms with Crippen LogP contribution in [-0.4, -0.2) is 25.2 Å². The summed E-state index contributed by atoms with van der Waals surface area (Å²) in [7, 11) is 0. The van der Waals surface area contributed by atoms with Crippen LogP contribution in [0.15, 0.2) is 12.2 Å². The highest BCUT2D eigenvalue weighted by atomic mass is 16.6. The zero-order valence-corrected chi connectivity index (χ0v) is 13.7. The molecule has 2 unspecified atom stereocenters. The van der Waals surface area contributed by atoms with E-state index in [-0.39, 0.29) is 24.6 Å². The van der Waals surface area contributed by atoms with Crippen molar-refractivity contribution in [1.82, 2.24) is 0 Å². The molecule has 0 N–H and O–H groups in total. The van der Waals surface area contributed by atoms with Crippen LogP contribution >= 0.6 is 0 Å². The average Bonchev–Trinajstić information content (AvgIpc) is 2.40. The molecule has 4 heteroatoms. The van der Waals surface area contributed by atoms with Crippen molar-refractivity contribution < 1.29 is 19.1 Å². The predicted octanol–water partition coefficient (Wildman–Crippen LogP) is 3.26. The number of hydrogen-bond acceptors (Lipinski definition) is 4. The van der Waals surface area contributed by atoms with E-state index in [4.69, 9.17) is 9.47 Å². The Bertz CT molecular complexity index is 493. The lowest BCUT2D eigenvalue weighted by molar-refractivity contribution is -0.181. The van der Waals surface area contributed by atoms with Gasteiger partial charge in [0.25, 0.3) is 0 Å². The normalized spacial score (nSPS) is 38.6. The number of carbonyl (C=O) groups is 2. The molecule has 4 saturated carbocycles. The molecule has 22 heavy (non-hydrogen) atoms. The Morgan fingerprint density at radius 1 is 1.09 bits per heavy atom. The van der Waals surface area contributed by atoms with Gasteiger partial charge >= 0.3 is 11.9 Å². The quantitative estimate of drug-likeness (QED) is 0.444. The first-order chi connectivity index (χ1) is 10.3. The molecule has 4 fully saturated rings. The highest BCUT2D eigenvalue weighted by Gasteiger charge is 2.59. The largest absolute Gasteiger partial charge is 0.462 e. The van der Waals surface area contributed by atoms with Gasteiger partial charge in [-0.05, 0) is 62.7 Å². The Labute approximate surface area is 132 Å². The summed E-state index contributed by atoms with van der Waals surface area (Å²) in [4.78, 5) is 23.9. The number of ether oxygens (including phenoxy) is 2. The number of hydrogen-bond donors (Lipinski definition) is 0. The van der Waals surface area contributed by atoms with Gasteiger partial charge in [0.2, 0.25) is 0 Å². The van der Waals surface area contributed by atoms with Crippen LogP contribution in [0.3, 0.4) is 0 Å². The van der Waals surface area contributed by atoms with Crippen LogP contribution < -0.4 is 0 Å². The molecule has 0 amide bonds. The molecule has 0 saturated heterocycles. The molecule has 4 rings (SSSR count). The summed E-state index contributed by atoms with van der Waals surface area (Å²) in [5.41, 5.74) is 0.424. The van der Waals surface area contributed by atoms with Crippen LogP contribution in [-0.2, 0) is 19.1 Å². The standard InChI is InChI=1S/C18H26O4/c1-12(2)15(19)21-4-5-22-16(20)18-9-13-6-14(10-18)8-17(3,7-13)11-18/h13-14H,1,4-11H2,2-3H3. The van der Waals surface area contributed by atoms with Crippen molar-refractivity contribution in [2.75, 3.05) is 13.2 Å². The zero-order valence-electron chi connectivity index (χ0n) is 13.7. The Hall–Kier alpha value is -1.32. The van der Waals surface area contributed by atoms with E-state index < -0.39 is 5.97 Å². The maximum absolute atomic E-state index is 12.6. The van der Waals surface area contributed by atoms with Gasteiger partial charge in [-0.3, -0.25) is 4.79 Å². The predicted molar refractivity (Wildman–Crippen MR) is 82.0 cm³/mol. The van der Waals surface area contributed by atoms with Gasteiger partial charge in [0.05, 0.1) is 5.41 Å². The third-order valence-corrected chi connectivity index (χ3v) is 5.68. The highest BCUT2D eigenvalue weighted by molar-refractivity contribution is 5.86. The van der Waals surface area contributed by atoms with Gasteiger partial charge in [-0.25, -0.2) is 4.79 Å². The molecule has 4 nitrogen and oxygen atoms in total. The zero-order chi connectivity index (χ0) is 16.0. The van der Waals surface area contributed by atoms with E-state index in [0.717, 1.165) is 19.3 Å². The minimum absolute atomic E-state index is 0.0702. The van der Waals surface area contributed by atoms with E-state index in [1.807, 2.05) is 0 Å². The average molecular weight is 306 g/mol. The van der Waals surface area contributed by atoms with Crippen LogP contribution in [0.4, 0.5) is 0 Å². The van der Waals surface area contributed by atoms with Gasteiger partial charge in [-0.15, -0.1) is 0 Å². The molecular weight excluding hydrogens is 280 g/mol. The second kappa shape index (κ2) is 5.39. The molecule has 0 aromatic heterocycles. The van der Waals surface area contributed by atoms with E-state index in [1.54, 1.807) is 6.92 Å². The third-order valence-electron chi connectivity index (χ3n) is 5.68. The molecule has 0 spiro atoms. The third kappa shape index (κ3) is 2.80. The van der Waals surface area contributed by atoms with Crippen molar-refractivity contribution in [2.24, 2.45) is 22.7 Å². The molecule has 122 valence electrons. The van der Waals surface area contributed by atoms with Gasteiger partial charge in [-0.1, -0.05) is 13.5 Å². The summed E-state index contributed by atoms with van der Waals surface area (Å²) in [5, 5.41) is 0. The van der Waals surface area contributed by atoms with Gasteiger partial charge in [-0.2, -0.15) is 0 Å². The summed E-state index contributed by atoms with van der Waals surface area (Å²) in [5.74, 6) is 0.887. The molecule has 4 bridgehead atoms. The smallest absolute Gasteiger partial charge is 0.333 e. The summed E-state index contributed by atoms with van der Waals surface area (Å²) in [6.45, 7) is 7.71. The Morgan fingerprint density at radius 3 is 2.23 bits per heavy atom. The van der Waals surface area contributed by atoms with E-state index in [9.17, 15) is 9.59 Å². The van der Waals surface area contributed by atoms with Gasteiger partial charge in [0, 0.05) is 5.57 Å². The summed E-state index contributed by atoms with van der Waals surface area (Å²) < 4.78 is 10.4. The fourth-order valence-corrected chi connectivity index (χ4v) is 5.50. The minimum Gasteiger partial charge on any atom is -0.462 e. The fourth-order valence-electron chi connectivity index (χ4n) is 5.50. The summed E-state index contributed by atoms with van der Waals surface area (Å²) in [6.07, 6.45) is 6.79. The summed E-state index contributed by atoms with van der Waals surface area (Å²) in [6, 6.07) is 0. The second-order valence-corrected chi connectivity index (χ2v) is 8.10. The van der Waals surface area contributed by atoms with Crippen molar-refractivity contribution in [3.63, 3.8) is 0 Å². The van der Waals surface area contributed by atoms with Crippen molar-refractivity contribution in [2.45, 2.75) is 52.4 Å². The van der Waals surface area contributed by atoms with Gasteiger partial charge in [0.15, 0.2) is 0 Å². The molecule has 4 aliphatic carbocycles. The Morgan fingerprint density at radius 2 is 1.68 bits per heavy atom. The molecule has 0 radical (unpaired) electrons. The van der Waals surface area contributed by atoms with Crippen LogP contribution in [0.1, 0.15) is 52.4 Å². The van der Waals surface area contributed by atoms with Crippen molar-refractivity contribution in [3.05, 3.63) is 12.2 Å². The molecule has 0 heterocycles. The van der Waals surface area contributed by atoms with E-state index in [1.165, 1.54) is 19.3 Å². The molecule has 2 atom stereocenters. The van der Waals surface area contributed by atoms with E-state index in [0.29, 0.717) is 22.8 Å². The van der Waals surface area contributed by atoms with Crippen molar-refractivity contribution in [3.8, 4) is 0 Å². The van der Waals surface area contributed by atoms with Crippen LogP contribution in [0.5, 0.6) is 0 Å². The maximum atomic E-state index is 12.6. The number of rotatable bonds is 5. The van der Waals surface area contributed by atoms with E-state index in [2.05, 4.69) is 13.5 Å². The fraction of sp³-hybridized carbons (Fsp3) is 0.778. The van der Waals surface area contributed by atoms with Crippen LogP contribution in [0.25, 0.3) is 0 Å². The SMILES string of the molecule is C=C(C)C(=O)OCCOC(=O)C12CC3CC(CC(C)(C3)C1)C2. The Balaban J connectivity index is 1.54. The second-order valence-electron chi connectivity index (χ2n) is 8.10. The highest BCUT2D eigenvalue weighted by Crippen LogP contribution is 2.65. The number of carbonyl (C=O) groups excluding carboxylic acids is 2. The Kier molecular flexibility index (Phi) is 3.82. The maximum Gasteiger partial charge on any atom is 0.333 e. The number of esters is 2. The van der Waals surface area contributed by atoms with Crippen molar-refractivity contribution >= 4 is 11.9 Å². The van der Waals surface area contributed by atoms with Gasteiger partial charge < -0.3 is 9.47 Å². The molecule has 0 aliphatic heterocycles. The first-order valence-electron chi connectivity index (χ1n) is 8.32. The first kappa shape index (κ1) is 15.6. The van der Waals surface area contributed by atoms with Crippen LogP contribution in [0.2, 0.25) is 0 Å². The molecular formula is C18H26O4. The molecule has 0 aromatic carbocycles. The first-order valence-corrected chi connectivity index (χ1v) is 8.32. The lowest BCUT2D eigenvalue weighted by atomic mass is 9.44. The lowest BCUT2D eigenvalue weighted by Crippen LogP contribution is -2.54. The lowest BCUT2D eigenvalue weighted by Gasteiger charge is -2.59. The van der Waals surface area contributed by atoms with Gasteiger partial charge in [0.1, 0.15) is 13.2 Å². The van der Waals surface area contributed by atoms with Crippen LogP contribution in [0, 0.1) is 22.7 Å². The monoisotopic (exact) mass is 306 g/mol. The minimum atomic E-state index is -0.432.